The van der Waals surface area contributed by atoms with E-state index in [-0.39, 0.29) is 0 Å². The molecule has 21 heavy (non-hydrogen) atoms. The first-order chi connectivity index (χ1) is 10.1. The van der Waals surface area contributed by atoms with E-state index in [1.165, 1.54) is 11.3 Å². The first kappa shape index (κ1) is 14.1. The number of hydrogen-bond donors (Lipinski definition) is 1. The quantitative estimate of drug-likeness (QED) is 0.943. The van der Waals surface area contributed by atoms with Crippen LogP contribution in [-0.4, -0.2) is 33.6 Å². The molecule has 0 bridgehead atoms. The van der Waals surface area contributed by atoms with Gasteiger partial charge in [-0.3, -0.25) is 4.90 Å². The maximum atomic E-state index is 11.6. The second-order valence-corrected chi connectivity index (χ2v) is 5.80. The average Bonchev–Trinajstić information content (AvgIpc) is 2.79. The van der Waals surface area contributed by atoms with Crippen molar-refractivity contribution in [2.45, 2.75) is 40.3 Å². The van der Waals surface area contributed by atoms with Crippen LogP contribution in [0.5, 0.6) is 0 Å². The zero-order valence-electron chi connectivity index (χ0n) is 12.9. The summed E-state index contributed by atoms with van der Waals surface area (Å²) < 4.78 is 2.21. The summed E-state index contributed by atoms with van der Waals surface area (Å²) in [5.41, 5.74) is 5.00. The Labute approximate surface area is 125 Å². The number of carboxylic acids is 1. The summed E-state index contributed by atoms with van der Waals surface area (Å²) in [4.78, 5) is 14.1. The lowest BCUT2D eigenvalue weighted by atomic mass is 10.0. The van der Waals surface area contributed by atoms with Crippen LogP contribution in [0.3, 0.4) is 0 Å². The van der Waals surface area contributed by atoms with E-state index in [2.05, 4.69) is 29.4 Å². The normalized spacial score (nSPS) is 15.4. The van der Waals surface area contributed by atoms with Gasteiger partial charge >= 0.3 is 5.97 Å². The van der Waals surface area contributed by atoms with Crippen LogP contribution in [-0.2, 0) is 19.5 Å². The van der Waals surface area contributed by atoms with Crippen LogP contribution in [0.25, 0.3) is 10.9 Å². The summed E-state index contributed by atoms with van der Waals surface area (Å²) in [6.45, 7) is 10.1. The highest BCUT2D eigenvalue weighted by Gasteiger charge is 2.25. The van der Waals surface area contributed by atoms with Crippen molar-refractivity contribution in [1.82, 2.24) is 9.47 Å². The Morgan fingerprint density at radius 2 is 2.05 bits per heavy atom. The second kappa shape index (κ2) is 5.19. The SMILES string of the molecule is CCN1CCc2c(c3cc(C)cc(C(=O)O)c3n2CC)C1. The van der Waals surface area contributed by atoms with E-state index >= 15 is 0 Å². The molecule has 1 aromatic carbocycles. The molecular weight excluding hydrogens is 264 g/mol. The van der Waals surface area contributed by atoms with Crippen molar-refractivity contribution in [2.75, 3.05) is 13.1 Å². The molecule has 112 valence electrons. The number of aromatic carboxylic acids is 1. The number of fused-ring (bicyclic) bond motifs is 3. The molecule has 2 heterocycles. The van der Waals surface area contributed by atoms with Gasteiger partial charge in [-0.2, -0.15) is 0 Å². The molecule has 1 aromatic heterocycles. The molecule has 0 amide bonds. The molecule has 3 rings (SSSR count). The number of nitrogens with zero attached hydrogens (tertiary/aromatic N) is 2. The zero-order chi connectivity index (χ0) is 15.1. The van der Waals surface area contributed by atoms with E-state index in [0.29, 0.717) is 5.56 Å². The Morgan fingerprint density at radius 1 is 1.29 bits per heavy atom. The standard InChI is InChI=1S/C17H22N2O2/c1-4-18-7-6-15-14(10-18)12-8-11(3)9-13(17(20)21)16(12)19(15)5-2/h8-9H,4-7,10H2,1-3H3,(H,20,21). The van der Waals surface area contributed by atoms with Crippen LogP contribution in [0, 0.1) is 6.92 Å². The summed E-state index contributed by atoms with van der Waals surface area (Å²) in [7, 11) is 0. The lowest BCUT2D eigenvalue weighted by Crippen LogP contribution is -2.30. The van der Waals surface area contributed by atoms with Crippen molar-refractivity contribution in [3.63, 3.8) is 0 Å². The third-order valence-electron chi connectivity index (χ3n) is 4.56. The molecule has 0 aliphatic carbocycles. The number of aryl methyl sites for hydroxylation is 2. The summed E-state index contributed by atoms with van der Waals surface area (Å²) in [6.07, 6.45) is 1.00. The smallest absolute Gasteiger partial charge is 0.337 e. The van der Waals surface area contributed by atoms with E-state index in [4.69, 9.17) is 0 Å². The van der Waals surface area contributed by atoms with Gasteiger partial charge in [0, 0.05) is 37.1 Å². The van der Waals surface area contributed by atoms with Gasteiger partial charge in [-0.25, -0.2) is 4.79 Å². The van der Waals surface area contributed by atoms with Gasteiger partial charge in [-0.15, -0.1) is 0 Å². The van der Waals surface area contributed by atoms with Gasteiger partial charge in [0.05, 0.1) is 11.1 Å². The summed E-state index contributed by atoms with van der Waals surface area (Å²) >= 11 is 0. The van der Waals surface area contributed by atoms with Gasteiger partial charge in [0.25, 0.3) is 0 Å². The number of rotatable bonds is 3. The van der Waals surface area contributed by atoms with Crippen molar-refractivity contribution >= 4 is 16.9 Å². The van der Waals surface area contributed by atoms with E-state index in [1.807, 2.05) is 6.92 Å². The summed E-state index contributed by atoms with van der Waals surface area (Å²) in [5, 5.41) is 10.7. The monoisotopic (exact) mass is 286 g/mol. The van der Waals surface area contributed by atoms with Crippen molar-refractivity contribution in [1.29, 1.82) is 0 Å². The van der Waals surface area contributed by atoms with Gasteiger partial charge in [0.15, 0.2) is 0 Å². The van der Waals surface area contributed by atoms with E-state index in [0.717, 1.165) is 49.1 Å². The summed E-state index contributed by atoms with van der Waals surface area (Å²) in [6, 6.07) is 3.94. The minimum Gasteiger partial charge on any atom is -0.478 e. The van der Waals surface area contributed by atoms with Crippen molar-refractivity contribution in [2.24, 2.45) is 0 Å². The fraction of sp³-hybridized carbons (Fsp3) is 0.471. The van der Waals surface area contributed by atoms with Crippen LogP contribution in [0.2, 0.25) is 0 Å². The molecule has 0 unspecified atom stereocenters. The molecule has 4 nitrogen and oxygen atoms in total. The maximum absolute atomic E-state index is 11.6. The highest BCUT2D eigenvalue weighted by Crippen LogP contribution is 2.33. The Balaban J connectivity index is 2.34. The first-order valence-corrected chi connectivity index (χ1v) is 7.67. The Morgan fingerprint density at radius 3 is 2.67 bits per heavy atom. The average molecular weight is 286 g/mol. The zero-order valence-corrected chi connectivity index (χ0v) is 12.9. The number of hydrogen-bond acceptors (Lipinski definition) is 2. The van der Waals surface area contributed by atoms with Gasteiger partial charge in [-0.05, 0) is 43.7 Å². The van der Waals surface area contributed by atoms with Crippen LogP contribution in [0.1, 0.15) is 41.0 Å². The number of carbonyl (C=O) groups is 1. The Hall–Kier alpha value is -1.81. The van der Waals surface area contributed by atoms with Crippen molar-refractivity contribution in [3.8, 4) is 0 Å². The lowest BCUT2D eigenvalue weighted by molar-refractivity contribution is 0.0698. The fourth-order valence-electron chi connectivity index (χ4n) is 3.56. The molecule has 0 atom stereocenters. The number of likely N-dealkylation sites (N-methyl/N-ethyl adjacent to an activating group) is 1. The lowest BCUT2D eigenvalue weighted by Gasteiger charge is -2.26. The number of benzene rings is 1. The molecule has 4 heteroatoms. The second-order valence-electron chi connectivity index (χ2n) is 5.80. The van der Waals surface area contributed by atoms with Crippen molar-refractivity contribution in [3.05, 3.63) is 34.5 Å². The highest BCUT2D eigenvalue weighted by molar-refractivity contribution is 6.04. The van der Waals surface area contributed by atoms with Crippen LogP contribution in [0.4, 0.5) is 0 Å². The summed E-state index contributed by atoms with van der Waals surface area (Å²) in [5.74, 6) is -0.833. The first-order valence-electron chi connectivity index (χ1n) is 7.67. The van der Waals surface area contributed by atoms with Crippen LogP contribution < -0.4 is 0 Å². The largest absolute Gasteiger partial charge is 0.478 e. The minimum absolute atomic E-state index is 0.435. The molecule has 0 spiro atoms. The molecular formula is C17H22N2O2. The van der Waals surface area contributed by atoms with Crippen LogP contribution in [0.15, 0.2) is 12.1 Å². The predicted octanol–water partition coefficient (Wildman–Crippen LogP) is 3.05. The van der Waals surface area contributed by atoms with E-state index in [1.54, 1.807) is 6.07 Å². The topological polar surface area (TPSA) is 45.5 Å². The van der Waals surface area contributed by atoms with E-state index in [9.17, 15) is 9.90 Å². The van der Waals surface area contributed by atoms with E-state index < -0.39 is 5.97 Å². The molecule has 2 aromatic rings. The van der Waals surface area contributed by atoms with Crippen LogP contribution >= 0.6 is 0 Å². The maximum Gasteiger partial charge on any atom is 0.337 e. The van der Waals surface area contributed by atoms with Gasteiger partial charge in [0.1, 0.15) is 0 Å². The fourth-order valence-corrected chi connectivity index (χ4v) is 3.56. The minimum atomic E-state index is -0.833. The third-order valence-corrected chi connectivity index (χ3v) is 4.56. The molecule has 1 aliphatic rings. The molecule has 0 saturated heterocycles. The van der Waals surface area contributed by atoms with Gasteiger partial charge in [0.2, 0.25) is 0 Å². The number of aromatic nitrogens is 1. The van der Waals surface area contributed by atoms with Gasteiger partial charge in [-0.1, -0.05) is 6.92 Å². The molecule has 0 saturated carbocycles. The molecule has 1 N–H and O–H groups in total. The highest BCUT2D eigenvalue weighted by atomic mass is 16.4. The predicted molar refractivity (Wildman–Crippen MR) is 84.0 cm³/mol. The molecule has 1 aliphatic heterocycles. The Kier molecular flexibility index (Phi) is 3.49. The molecule has 0 fully saturated rings. The van der Waals surface area contributed by atoms with Gasteiger partial charge < -0.3 is 9.67 Å². The third kappa shape index (κ3) is 2.14. The van der Waals surface area contributed by atoms with Crippen molar-refractivity contribution < 1.29 is 9.90 Å². The number of carboxylic acid groups (broad SMARTS) is 1. The Bertz CT molecular complexity index is 715. The molecule has 0 radical (unpaired) electrons.